The molecule has 0 heterocycles. The predicted molar refractivity (Wildman–Crippen MR) is 148 cm³/mol. The normalized spacial score (nSPS) is 11.0. The zero-order chi connectivity index (χ0) is 28.0. The lowest BCUT2D eigenvalue weighted by Crippen LogP contribution is -2.23. The van der Waals surface area contributed by atoms with Crippen LogP contribution in [0, 0.1) is 6.92 Å². The van der Waals surface area contributed by atoms with E-state index < -0.39 is 15.9 Å². The standard InChI is InChI=1S/C26H27Cl2N3O6S/c1-5-29-25(32)16-7-10-21(20(13-16)31-38(34,35)23-12-8-17(27)14-19(23)28)37-22-11-9-18(26(33)30-6-2)15(3)24(22)36-4/h7-14,31H,5-6H2,1-4H3,(H,29,32)(H,30,33). The molecule has 3 N–H and O–H groups in total. The molecule has 0 aliphatic rings. The average Bonchev–Trinajstić information content (AvgIpc) is 2.85. The number of carbonyl (C=O) groups excluding carboxylic acids is 2. The number of sulfonamides is 1. The number of amides is 2. The third kappa shape index (κ3) is 6.50. The van der Waals surface area contributed by atoms with Gasteiger partial charge in [0.2, 0.25) is 0 Å². The fourth-order valence-electron chi connectivity index (χ4n) is 3.62. The first kappa shape index (κ1) is 29.1. The molecule has 0 atom stereocenters. The summed E-state index contributed by atoms with van der Waals surface area (Å²) in [6.07, 6.45) is 0. The molecule has 0 saturated carbocycles. The summed E-state index contributed by atoms with van der Waals surface area (Å²) in [6, 6.07) is 11.4. The highest BCUT2D eigenvalue weighted by atomic mass is 35.5. The first-order valence-electron chi connectivity index (χ1n) is 11.6. The molecule has 3 aromatic rings. The fourth-order valence-corrected chi connectivity index (χ4v) is 5.45. The largest absolute Gasteiger partial charge is 0.493 e. The Morgan fingerprint density at radius 2 is 1.55 bits per heavy atom. The van der Waals surface area contributed by atoms with Gasteiger partial charge in [-0.05, 0) is 69.3 Å². The molecule has 0 aromatic heterocycles. The predicted octanol–water partition coefficient (Wildman–Crippen LogP) is 5.40. The van der Waals surface area contributed by atoms with E-state index in [1.54, 1.807) is 26.0 Å². The lowest BCUT2D eigenvalue weighted by Gasteiger charge is -2.18. The van der Waals surface area contributed by atoms with Gasteiger partial charge in [-0.25, -0.2) is 8.42 Å². The number of carbonyl (C=O) groups is 2. The summed E-state index contributed by atoms with van der Waals surface area (Å²) in [7, 11) is -2.78. The van der Waals surface area contributed by atoms with Crippen molar-refractivity contribution in [3.8, 4) is 17.2 Å². The van der Waals surface area contributed by atoms with Gasteiger partial charge in [0.15, 0.2) is 17.2 Å². The van der Waals surface area contributed by atoms with E-state index in [0.29, 0.717) is 24.2 Å². The van der Waals surface area contributed by atoms with Crippen molar-refractivity contribution in [3.05, 3.63) is 75.3 Å². The molecule has 38 heavy (non-hydrogen) atoms. The van der Waals surface area contributed by atoms with Gasteiger partial charge in [-0.2, -0.15) is 0 Å². The highest BCUT2D eigenvalue weighted by molar-refractivity contribution is 7.92. The molecule has 3 aromatic carbocycles. The molecule has 0 unspecified atom stereocenters. The molecule has 0 aliphatic carbocycles. The Hall–Kier alpha value is -3.47. The average molecular weight is 580 g/mol. The molecule has 3 rings (SSSR count). The SMILES string of the molecule is CCNC(=O)c1ccc(Oc2ccc(C(=O)NCC)c(C)c2OC)c(NS(=O)(=O)c2ccc(Cl)cc2Cl)c1. The van der Waals surface area contributed by atoms with Crippen LogP contribution in [0.3, 0.4) is 0 Å². The number of hydrogen-bond acceptors (Lipinski definition) is 6. The van der Waals surface area contributed by atoms with Crippen molar-refractivity contribution < 1.29 is 27.5 Å². The first-order valence-corrected chi connectivity index (χ1v) is 13.8. The Morgan fingerprint density at radius 3 is 2.18 bits per heavy atom. The molecular formula is C26H27Cl2N3O6S. The quantitative estimate of drug-likeness (QED) is 0.295. The maximum absolute atomic E-state index is 13.2. The monoisotopic (exact) mass is 579 g/mol. The number of ether oxygens (including phenoxy) is 2. The van der Waals surface area contributed by atoms with Crippen LogP contribution >= 0.6 is 23.2 Å². The van der Waals surface area contributed by atoms with E-state index in [4.69, 9.17) is 32.7 Å². The molecule has 0 spiro atoms. The van der Waals surface area contributed by atoms with Gasteiger partial charge in [0, 0.05) is 34.8 Å². The van der Waals surface area contributed by atoms with Crippen LogP contribution in [0.4, 0.5) is 5.69 Å². The second-order valence-electron chi connectivity index (χ2n) is 7.98. The van der Waals surface area contributed by atoms with E-state index in [1.807, 2.05) is 6.92 Å². The first-order chi connectivity index (χ1) is 18.0. The van der Waals surface area contributed by atoms with E-state index in [-0.39, 0.29) is 49.3 Å². The number of benzene rings is 3. The van der Waals surface area contributed by atoms with Gasteiger partial charge in [-0.3, -0.25) is 14.3 Å². The molecule has 9 nitrogen and oxygen atoms in total. The van der Waals surface area contributed by atoms with Gasteiger partial charge in [-0.15, -0.1) is 0 Å². The third-order valence-corrected chi connectivity index (χ3v) is 7.47. The van der Waals surface area contributed by atoms with Crippen LogP contribution in [0.15, 0.2) is 53.4 Å². The van der Waals surface area contributed by atoms with Crippen LogP contribution in [-0.4, -0.2) is 40.4 Å². The Morgan fingerprint density at radius 1 is 0.895 bits per heavy atom. The van der Waals surface area contributed by atoms with Crippen LogP contribution in [0.2, 0.25) is 10.0 Å². The number of rotatable bonds is 10. The van der Waals surface area contributed by atoms with Crippen LogP contribution in [0.25, 0.3) is 0 Å². The van der Waals surface area contributed by atoms with E-state index in [1.165, 1.54) is 43.5 Å². The van der Waals surface area contributed by atoms with Gasteiger partial charge in [0.05, 0.1) is 17.8 Å². The Bertz CT molecular complexity index is 1480. The topological polar surface area (TPSA) is 123 Å². The third-order valence-electron chi connectivity index (χ3n) is 5.38. The molecule has 0 radical (unpaired) electrons. The summed E-state index contributed by atoms with van der Waals surface area (Å²) in [4.78, 5) is 24.7. The molecule has 0 fully saturated rings. The maximum Gasteiger partial charge on any atom is 0.263 e. The smallest absolute Gasteiger partial charge is 0.263 e. The zero-order valence-corrected chi connectivity index (χ0v) is 23.5. The summed E-state index contributed by atoms with van der Waals surface area (Å²) in [5, 5.41) is 5.60. The minimum Gasteiger partial charge on any atom is -0.493 e. The highest BCUT2D eigenvalue weighted by Crippen LogP contribution is 2.40. The van der Waals surface area contributed by atoms with E-state index in [2.05, 4.69) is 15.4 Å². The van der Waals surface area contributed by atoms with Gasteiger partial charge in [-0.1, -0.05) is 23.2 Å². The number of methoxy groups -OCH3 is 1. The summed E-state index contributed by atoms with van der Waals surface area (Å²) in [6.45, 7) is 6.12. The second kappa shape index (κ2) is 12.4. The molecule has 2 amide bonds. The van der Waals surface area contributed by atoms with Gasteiger partial charge in [0.1, 0.15) is 4.90 Å². The Labute approximate surface area is 231 Å². The van der Waals surface area contributed by atoms with Gasteiger partial charge < -0.3 is 20.1 Å². The van der Waals surface area contributed by atoms with E-state index >= 15 is 0 Å². The lowest BCUT2D eigenvalue weighted by atomic mass is 10.1. The number of hydrogen-bond donors (Lipinski definition) is 3. The molecule has 202 valence electrons. The molecule has 0 saturated heterocycles. The number of halogens is 2. The van der Waals surface area contributed by atoms with Crippen molar-refractivity contribution in [2.45, 2.75) is 25.7 Å². The van der Waals surface area contributed by atoms with Crippen molar-refractivity contribution >= 4 is 50.7 Å². The fraction of sp³-hybridized carbons (Fsp3) is 0.231. The summed E-state index contributed by atoms with van der Waals surface area (Å²) < 4.78 is 40.5. The highest BCUT2D eigenvalue weighted by Gasteiger charge is 2.23. The van der Waals surface area contributed by atoms with E-state index in [9.17, 15) is 18.0 Å². The van der Waals surface area contributed by atoms with E-state index in [0.717, 1.165) is 0 Å². The summed E-state index contributed by atoms with van der Waals surface area (Å²) >= 11 is 12.1. The van der Waals surface area contributed by atoms with Gasteiger partial charge >= 0.3 is 0 Å². The molecular weight excluding hydrogens is 553 g/mol. The molecule has 12 heteroatoms. The Balaban J connectivity index is 2.09. The molecule has 0 bridgehead atoms. The summed E-state index contributed by atoms with van der Waals surface area (Å²) in [5.41, 5.74) is 1.12. The number of anilines is 1. The second-order valence-corrected chi connectivity index (χ2v) is 10.5. The van der Waals surface area contributed by atoms with Crippen molar-refractivity contribution in [2.24, 2.45) is 0 Å². The van der Waals surface area contributed by atoms with Crippen LogP contribution in [-0.2, 0) is 10.0 Å². The maximum atomic E-state index is 13.2. The molecule has 0 aliphatic heterocycles. The minimum atomic E-state index is -4.21. The van der Waals surface area contributed by atoms with Crippen molar-refractivity contribution in [2.75, 3.05) is 24.9 Å². The lowest BCUT2D eigenvalue weighted by molar-refractivity contribution is 0.0947. The van der Waals surface area contributed by atoms with Crippen LogP contribution in [0.5, 0.6) is 17.2 Å². The Kier molecular flexibility index (Phi) is 9.48. The van der Waals surface area contributed by atoms with Crippen molar-refractivity contribution in [1.29, 1.82) is 0 Å². The van der Waals surface area contributed by atoms with Crippen molar-refractivity contribution in [3.63, 3.8) is 0 Å². The minimum absolute atomic E-state index is 0.0210. The zero-order valence-electron chi connectivity index (χ0n) is 21.1. The van der Waals surface area contributed by atoms with Crippen molar-refractivity contribution in [1.82, 2.24) is 10.6 Å². The van der Waals surface area contributed by atoms with Crippen LogP contribution in [0.1, 0.15) is 40.1 Å². The summed E-state index contributed by atoms with van der Waals surface area (Å²) in [5.74, 6) is -0.0711. The van der Waals surface area contributed by atoms with Crippen LogP contribution < -0.4 is 24.8 Å². The number of nitrogens with one attached hydrogen (secondary N) is 3. The van der Waals surface area contributed by atoms with Gasteiger partial charge in [0.25, 0.3) is 21.8 Å².